The fourth-order valence-electron chi connectivity index (χ4n) is 2.71. The summed E-state index contributed by atoms with van der Waals surface area (Å²) in [4.78, 5) is 23.1. The number of amidine groups is 2. The van der Waals surface area contributed by atoms with E-state index >= 15 is 0 Å². The second-order valence-corrected chi connectivity index (χ2v) is 4.62. The van der Waals surface area contributed by atoms with Gasteiger partial charge in [-0.3, -0.25) is 9.79 Å². The molecule has 1 aromatic carbocycles. The number of nitrogens with zero attached hydrogens (tertiary/aromatic N) is 3. The first-order valence-electron chi connectivity index (χ1n) is 6.11. The topological polar surface area (TPSA) is 57.1 Å². The molecule has 1 fully saturated rings. The van der Waals surface area contributed by atoms with E-state index in [1.807, 2.05) is 18.2 Å². The van der Waals surface area contributed by atoms with Crippen molar-refractivity contribution in [2.45, 2.75) is 0 Å². The lowest BCUT2D eigenvalue weighted by molar-refractivity contribution is 0.0999. The quantitative estimate of drug-likeness (QED) is 0.769. The van der Waals surface area contributed by atoms with Crippen molar-refractivity contribution in [1.29, 1.82) is 0 Å². The maximum absolute atomic E-state index is 11.9. The monoisotopic (exact) mass is 276 g/mol. The number of carbonyl (C=O) groups excluding carboxylic acids is 1. The Morgan fingerprint density at radius 3 is 3.11 bits per heavy atom. The van der Waals surface area contributed by atoms with Crippen LogP contribution in [-0.2, 0) is 0 Å². The molecule has 0 spiro atoms. The Balaban J connectivity index is 0.00000110. The normalized spacial score (nSPS) is 19.8. The van der Waals surface area contributed by atoms with Crippen molar-refractivity contribution in [1.82, 2.24) is 10.2 Å². The molecule has 0 radical (unpaired) electrons. The highest BCUT2D eigenvalue weighted by atomic mass is 35.5. The predicted octanol–water partition coefficient (Wildman–Crippen LogP) is 1.00. The summed E-state index contributed by atoms with van der Waals surface area (Å²) in [5.41, 5.74) is 2.55. The van der Waals surface area contributed by atoms with E-state index in [9.17, 15) is 4.79 Å². The Bertz CT molecular complexity index is 623. The average Bonchev–Trinajstić information content (AvgIpc) is 2.42. The largest absolute Gasteiger partial charge is 0.312 e. The molecule has 0 atom stereocenters. The van der Waals surface area contributed by atoms with Crippen molar-refractivity contribution in [2.24, 2.45) is 9.98 Å². The molecule has 0 unspecified atom stereocenters. The Hall–Kier alpha value is -1.72. The van der Waals surface area contributed by atoms with Crippen LogP contribution in [0.2, 0.25) is 0 Å². The molecule has 3 heterocycles. The SMILES string of the molecule is Cl.O=C1CN=C2c3c(cccc31)N=C1CNCCN12. The maximum Gasteiger partial charge on any atom is 0.185 e. The van der Waals surface area contributed by atoms with Gasteiger partial charge in [0.1, 0.15) is 18.2 Å². The minimum atomic E-state index is 0. The highest BCUT2D eigenvalue weighted by Crippen LogP contribution is 2.32. The van der Waals surface area contributed by atoms with E-state index in [2.05, 4.69) is 20.2 Å². The van der Waals surface area contributed by atoms with Gasteiger partial charge in [-0.25, -0.2) is 4.99 Å². The number of nitrogens with one attached hydrogen (secondary N) is 1. The molecular weight excluding hydrogens is 264 g/mol. The van der Waals surface area contributed by atoms with E-state index < -0.39 is 0 Å². The van der Waals surface area contributed by atoms with Gasteiger partial charge in [0.05, 0.1) is 17.8 Å². The van der Waals surface area contributed by atoms with Gasteiger partial charge in [-0.15, -0.1) is 12.4 Å². The highest BCUT2D eigenvalue weighted by Gasteiger charge is 2.33. The Morgan fingerprint density at radius 2 is 2.21 bits per heavy atom. The molecule has 1 aromatic rings. The number of Topliss-reactive ketones (excluding diaryl/α,β-unsaturated/α-hetero) is 1. The molecule has 0 bridgehead atoms. The van der Waals surface area contributed by atoms with Gasteiger partial charge in [0.15, 0.2) is 5.78 Å². The average molecular weight is 277 g/mol. The minimum Gasteiger partial charge on any atom is -0.312 e. The number of piperazine rings is 1. The van der Waals surface area contributed by atoms with Crippen LogP contribution in [0.3, 0.4) is 0 Å². The summed E-state index contributed by atoms with van der Waals surface area (Å²) in [5.74, 6) is 2.01. The lowest BCUT2D eigenvalue weighted by Crippen LogP contribution is -2.53. The van der Waals surface area contributed by atoms with E-state index in [4.69, 9.17) is 0 Å². The zero-order valence-electron chi connectivity index (χ0n) is 10.2. The Labute approximate surface area is 116 Å². The molecule has 5 nitrogen and oxygen atoms in total. The number of hydrogen-bond donors (Lipinski definition) is 1. The van der Waals surface area contributed by atoms with Gasteiger partial charge in [0, 0.05) is 18.7 Å². The Morgan fingerprint density at radius 1 is 1.32 bits per heavy atom. The van der Waals surface area contributed by atoms with Crippen LogP contribution in [0.15, 0.2) is 28.2 Å². The van der Waals surface area contributed by atoms with Crippen LogP contribution in [0.1, 0.15) is 15.9 Å². The van der Waals surface area contributed by atoms with Gasteiger partial charge >= 0.3 is 0 Å². The van der Waals surface area contributed by atoms with E-state index in [1.54, 1.807) is 0 Å². The zero-order valence-corrected chi connectivity index (χ0v) is 11.0. The number of benzene rings is 1. The lowest BCUT2D eigenvalue weighted by Gasteiger charge is -2.37. The van der Waals surface area contributed by atoms with Gasteiger partial charge in [0.25, 0.3) is 0 Å². The number of hydrogen-bond acceptors (Lipinski definition) is 5. The van der Waals surface area contributed by atoms with E-state index in [0.29, 0.717) is 0 Å². The van der Waals surface area contributed by atoms with Crippen LogP contribution in [0.5, 0.6) is 0 Å². The van der Waals surface area contributed by atoms with Crippen LogP contribution in [0.4, 0.5) is 5.69 Å². The number of halogens is 1. The van der Waals surface area contributed by atoms with Crippen LogP contribution >= 0.6 is 12.4 Å². The highest BCUT2D eigenvalue weighted by molar-refractivity contribution is 6.23. The van der Waals surface area contributed by atoms with Crippen molar-refractivity contribution in [3.63, 3.8) is 0 Å². The van der Waals surface area contributed by atoms with Crippen molar-refractivity contribution in [3.05, 3.63) is 29.3 Å². The summed E-state index contributed by atoms with van der Waals surface area (Å²) < 4.78 is 0. The molecular formula is C13H13ClN4O. The van der Waals surface area contributed by atoms with Gasteiger partial charge in [-0.2, -0.15) is 0 Å². The molecule has 1 saturated heterocycles. The van der Waals surface area contributed by atoms with Crippen LogP contribution in [0, 0.1) is 0 Å². The Kier molecular flexibility index (Phi) is 2.88. The number of ketones is 1. The van der Waals surface area contributed by atoms with E-state index in [0.717, 1.165) is 48.1 Å². The third kappa shape index (κ3) is 1.69. The lowest BCUT2D eigenvalue weighted by atomic mass is 9.96. The summed E-state index contributed by atoms with van der Waals surface area (Å²) in [6, 6.07) is 5.72. The number of aliphatic imine (C=N–C) groups is 2. The second-order valence-electron chi connectivity index (χ2n) is 4.62. The minimum absolute atomic E-state index is 0. The first-order valence-corrected chi connectivity index (χ1v) is 6.11. The van der Waals surface area contributed by atoms with E-state index in [-0.39, 0.29) is 24.7 Å². The first kappa shape index (κ1) is 12.3. The molecule has 1 N–H and O–H groups in total. The molecule has 0 aromatic heterocycles. The third-order valence-electron chi connectivity index (χ3n) is 3.55. The van der Waals surface area contributed by atoms with Gasteiger partial charge in [0.2, 0.25) is 0 Å². The fourth-order valence-corrected chi connectivity index (χ4v) is 2.71. The van der Waals surface area contributed by atoms with Gasteiger partial charge in [-0.1, -0.05) is 12.1 Å². The molecule has 19 heavy (non-hydrogen) atoms. The molecule has 0 amide bonds. The predicted molar refractivity (Wildman–Crippen MR) is 76.1 cm³/mol. The summed E-state index contributed by atoms with van der Waals surface area (Å²) in [6.07, 6.45) is 0. The molecule has 98 valence electrons. The van der Waals surface area contributed by atoms with Crippen molar-refractivity contribution < 1.29 is 4.79 Å². The van der Waals surface area contributed by atoms with Crippen LogP contribution in [-0.4, -0.2) is 48.5 Å². The summed E-state index contributed by atoms with van der Waals surface area (Å²) in [7, 11) is 0. The first-order chi connectivity index (χ1) is 8.84. The summed E-state index contributed by atoms with van der Waals surface area (Å²) in [5, 5.41) is 3.31. The van der Waals surface area contributed by atoms with Crippen molar-refractivity contribution >= 4 is 35.5 Å². The van der Waals surface area contributed by atoms with Crippen LogP contribution in [0.25, 0.3) is 0 Å². The van der Waals surface area contributed by atoms with Gasteiger partial charge < -0.3 is 10.2 Å². The number of fused-ring (bicyclic) bond motifs is 2. The molecule has 3 aliphatic rings. The van der Waals surface area contributed by atoms with E-state index in [1.165, 1.54) is 0 Å². The number of carbonyl (C=O) groups is 1. The molecule has 3 aliphatic heterocycles. The third-order valence-corrected chi connectivity index (χ3v) is 3.55. The molecule has 4 rings (SSSR count). The smallest absolute Gasteiger partial charge is 0.185 e. The standard InChI is InChI=1S/C13H12N4O.ClH/c18-10-6-15-13-12-8(10)2-1-3-9(12)16-11-7-14-4-5-17(11)13;/h1-3,14H,4-7H2;1H. The van der Waals surface area contributed by atoms with Gasteiger partial charge in [-0.05, 0) is 6.07 Å². The molecule has 0 saturated carbocycles. The second kappa shape index (κ2) is 4.43. The zero-order chi connectivity index (χ0) is 12.1. The summed E-state index contributed by atoms with van der Waals surface area (Å²) >= 11 is 0. The number of rotatable bonds is 0. The molecule has 0 aliphatic carbocycles. The van der Waals surface area contributed by atoms with Crippen molar-refractivity contribution in [3.8, 4) is 0 Å². The summed E-state index contributed by atoms with van der Waals surface area (Å²) in [6.45, 7) is 2.79. The van der Waals surface area contributed by atoms with Crippen molar-refractivity contribution in [2.75, 3.05) is 26.2 Å². The fraction of sp³-hybridized carbons (Fsp3) is 0.308. The van der Waals surface area contributed by atoms with Crippen LogP contribution < -0.4 is 5.32 Å². The molecule has 6 heteroatoms. The maximum atomic E-state index is 11.9.